The van der Waals surface area contributed by atoms with Gasteiger partial charge in [-0.3, -0.25) is 9.59 Å². The molecule has 2 unspecified atom stereocenters. The van der Waals surface area contributed by atoms with Gasteiger partial charge in [-0.1, -0.05) is 148 Å². The molecule has 0 aromatic rings. The Hall–Kier alpha value is 0.340. The second-order valence-electron chi connectivity index (χ2n) is 10.1. The molecule has 0 saturated carbocycles. The monoisotopic (exact) mass is 760 g/mol. The van der Waals surface area contributed by atoms with Gasteiger partial charge in [-0.2, -0.15) is 0 Å². The Kier molecular flexibility index (Phi) is 17.0. The summed E-state index contributed by atoms with van der Waals surface area (Å²) >= 11 is 14.2. The van der Waals surface area contributed by atoms with Crippen molar-refractivity contribution in [2.75, 3.05) is 0 Å². The maximum atomic E-state index is 13.1. The first kappa shape index (κ1) is 34.4. The summed E-state index contributed by atoms with van der Waals surface area (Å²) in [7, 11) is 0. The number of carboxylic acids is 2. The van der Waals surface area contributed by atoms with Crippen LogP contribution >= 0.6 is 63.7 Å². The van der Waals surface area contributed by atoms with Crippen molar-refractivity contribution in [2.45, 2.75) is 129 Å². The minimum absolute atomic E-state index is 0.270. The van der Waals surface area contributed by atoms with Crippen molar-refractivity contribution in [2.24, 2.45) is 10.8 Å². The molecule has 0 saturated heterocycles. The SMILES string of the molecule is CCCCCCCCCCC1(C(=O)O)C(Br)=C(Br)C(Br)=C(Br)C1(CCCCCCCCCC)C(=O)O. The van der Waals surface area contributed by atoms with E-state index >= 15 is 0 Å². The maximum Gasteiger partial charge on any atom is 0.316 e. The number of hydrogen-bond acceptors (Lipinski definition) is 2. The van der Waals surface area contributed by atoms with Gasteiger partial charge in [-0.15, -0.1) is 0 Å². The third-order valence-electron chi connectivity index (χ3n) is 7.60. The molecule has 1 rings (SSSR count). The van der Waals surface area contributed by atoms with Crippen LogP contribution in [0.5, 0.6) is 0 Å². The van der Waals surface area contributed by atoms with Crippen LogP contribution in [0.3, 0.4) is 0 Å². The van der Waals surface area contributed by atoms with E-state index in [-0.39, 0.29) is 12.8 Å². The number of allylic oxidation sites excluding steroid dienone is 2. The lowest BCUT2D eigenvalue weighted by Crippen LogP contribution is -2.55. The molecule has 0 amide bonds. The van der Waals surface area contributed by atoms with Crippen molar-refractivity contribution in [3.8, 4) is 0 Å². The maximum absolute atomic E-state index is 13.1. The van der Waals surface area contributed by atoms with E-state index in [0.29, 0.717) is 30.8 Å². The van der Waals surface area contributed by atoms with Crippen LogP contribution in [0.1, 0.15) is 129 Å². The van der Waals surface area contributed by atoms with Crippen molar-refractivity contribution in [1.29, 1.82) is 0 Å². The lowest BCUT2D eigenvalue weighted by atomic mass is 9.56. The molecule has 0 aliphatic heterocycles. The Labute approximate surface area is 252 Å². The van der Waals surface area contributed by atoms with Gasteiger partial charge in [0.2, 0.25) is 0 Å². The predicted octanol–water partition coefficient (Wildman–Crippen LogP) is 11.2. The first-order valence-electron chi connectivity index (χ1n) is 13.7. The van der Waals surface area contributed by atoms with Crippen LogP contribution in [-0.2, 0) is 9.59 Å². The molecule has 8 heteroatoms. The summed E-state index contributed by atoms with van der Waals surface area (Å²) in [6.07, 6.45) is 17.8. The highest BCUT2D eigenvalue weighted by molar-refractivity contribution is 9.17. The van der Waals surface area contributed by atoms with E-state index in [1.807, 2.05) is 0 Å². The molecule has 2 atom stereocenters. The molecule has 2 N–H and O–H groups in total. The fourth-order valence-corrected chi connectivity index (χ4v) is 8.82. The van der Waals surface area contributed by atoms with Crippen LogP contribution < -0.4 is 0 Å². The lowest BCUT2D eigenvalue weighted by Gasteiger charge is -2.48. The van der Waals surface area contributed by atoms with Gasteiger partial charge >= 0.3 is 11.9 Å². The predicted molar refractivity (Wildman–Crippen MR) is 164 cm³/mol. The van der Waals surface area contributed by atoms with E-state index in [0.717, 1.165) is 38.5 Å². The summed E-state index contributed by atoms with van der Waals surface area (Å²) in [5, 5.41) is 21.4. The third kappa shape index (κ3) is 8.42. The summed E-state index contributed by atoms with van der Waals surface area (Å²) in [6.45, 7) is 4.40. The Morgan fingerprint density at radius 2 is 0.778 bits per heavy atom. The highest BCUT2D eigenvalue weighted by Crippen LogP contribution is 2.65. The Morgan fingerprint density at radius 3 is 1.03 bits per heavy atom. The van der Waals surface area contributed by atoms with Crippen molar-refractivity contribution < 1.29 is 19.8 Å². The summed E-state index contributed by atoms with van der Waals surface area (Å²) in [4.78, 5) is 26.1. The fraction of sp³-hybridized carbons (Fsp3) is 0.786. The topological polar surface area (TPSA) is 74.6 Å². The number of halogens is 4. The molecule has 0 spiro atoms. The Morgan fingerprint density at radius 1 is 0.528 bits per heavy atom. The summed E-state index contributed by atoms with van der Waals surface area (Å²) < 4.78 is 1.93. The molecule has 208 valence electrons. The van der Waals surface area contributed by atoms with Gasteiger partial charge in [0, 0.05) is 17.9 Å². The average molecular weight is 764 g/mol. The van der Waals surface area contributed by atoms with Gasteiger partial charge in [0.25, 0.3) is 0 Å². The molecule has 0 radical (unpaired) electrons. The van der Waals surface area contributed by atoms with Gasteiger partial charge in [0.05, 0.1) is 0 Å². The van der Waals surface area contributed by atoms with Crippen molar-refractivity contribution in [3.63, 3.8) is 0 Å². The van der Waals surface area contributed by atoms with Gasteiger partial charge in [0.15, 0.2) is 0 Å². The second-order valence-corrected chi connectivity index (χ2v) is 13.3. The van der Waals surface area contributed by atoms with E-state index in [4.69, 9.17) is 0 Å². The van der Waals surface area contributed by atoms with Crippen LogP contribution in [-0.4, -0.2) is 22.2 Å². The van der Waals surface area contributed by atoms with Crippen LogP contribution in [0.4, 0.5) is 0 Å². The van der Waals surface area contributed by atoms with Gasteiger partial charge in [0.1, 0.15) is 10.8 Å². The highest BCUT2D eigenvalue weighted by Gasteiger charge is 2.66. The molecule has 1 aliphatic rings. The number of carbonyl (C=O) groups is 2. The normalized spacial score (nSPS) is 22.4. The van der Waals surface area contributed by atoms with Crippen molar-refractivity contribution in [1.82, 2.24) is 0 Å². The highest BCUT2D eigenvalue weighted by atomic mass is 79.9. The van der Waals surface area contributed by atoms with Crippen molar-refractivity contribution in [3.05, 3.63) is 17.9 Å². The fourth-order valence-electron chi connectivity index (χ4n) is 5.40. The molecule has 0 bridgehead atoms. The number of aliphatic carboxylic acids is 2. The zero-order chi connectivity index (χ0) is 27.2. The molecule has 0 aromatic carbocycles. The Bertz CT molecular complexity index is 716. The molecule has 0 aromatic heterocycles. The van der Waals surface area contributed by atoms with Crippen LogP contribution in [0.2, 0.25) is 0 Å². The summed E-state index contributed by atoms with van der Waals surface area (Å²) in [5.41, 5.74) is -3.17. The number of rotatable bonds is 20. The van der Waals surface area contributed by atoms with E-state index in [1.165, 1.54) is 51.4 Å². The molecule has 1 aliphatic carbocycles. The Balaban J connectivity index is 3.10. The zero-order valence-electron chi connectivity index (χ0n) is 22.0. The quantitative estimate of drug-likeness (QED) is 0.121. The van der Waals surface area contributed by atoms with Crippen LogP contribution in [0.15, 0.2) is 17.9 Å². The van der Waals surface area contributed by atoms with E-state index < -0.39 is 22.8 Å². The molecule has 4 nitrogen and oxygen atoms in total. The van der Waals surface area contributed by atoms with E-state index in [1.54, 1.807) is 0 Å². The lowest BCUT2D eigenvalue weighted by molar-refractivity contribution is -0.167. The largest absolute Gasteiger partial charge is 0.481 e. The number of carboxylic acid groups (broad SMARTS) is 2. The molecular weight excluding hydrogens is 720 g/mol. The smallest absolute Gasteiger partial charge is 0.316 e. The standard InChI is InChI=1S/C28H44Br4O4/c1-3-5-7-9-11-13-15-17-19-27(25(33)34)23(31)21(29)22(30)24(32)28(27,26(35)36)20-18-16-14-12-10-8-6-4-2/h3-20H2,1-2H3,(H,33,34)(H,35,36). The minimum Gasteiger partial charge on any atom is -0.481 e. The second kappa shape index (κ2) is 17.8. The molecule has 0 heterocycles. The minimum atomic E-state index is -1.59. The van der Waals surface area contributed by atoms with Gasteiger partial charge in [-0.25, -0.2) is 0 Å². The first-order valence-corrected chi connectivity index (χ1v) is 16.9. The van der Waals surface area contributed by atoms with Crippen molar-refractivity contribution >= 4 is 75.7 Å². The summed E-state index contributed by atoms with van der Waals surface area (Å²) in [5.74, 6) is -2.18. The van der Waals surface area contributed by atoms with E-state index in [2.05, 4.69) is 77.6 Å². The number of unbranched alkanes of at least 4 members (excludes halogenated alkanes) is 14. The van der Waals surface area contributed by atoms with E-state index in [9.17, 15) is 19.8 Å². The number of hydrogen-bond donors (Lipinski definition) is 2. The first-order chi connectivity index (χ1) is 17.1. The van der Waals surface area contributed by atoms with Gasteiger partial charge in [-0.05, 0) is 44.7 Å². The molecule has 0 fully saturated rings. The average Bonchev–Trinajstić information content (AvgIpc) is 2.85. The molecule has 36 heavy (non-hydrogen) atoms. The molecular formula is C28H44Br4O4. The third-order valence-corrected chi connectivity index (χ3v) is 12.9. The van der Waals surface area contributed by atoms with Crippen LogP contribution in [0, 0.1) is 10.8 Å². The van der Waals surface area contributed by atoms with Crippen LogP contribution in [0.25, 0.3) is 0 Å². The zero-order valence-corrected chi connectivity index (χ0v) is 28.3. The summed E-state index contributed by atoms with van der Waals surface area (Å²) in [6, 6.07) is 0. The van der Waals surface area contributed by atoms with Gasteiger partial charge < -0.3 is 10.2 Å².